The molecule has 0 radical (unpaired) electrons. The number of aliphatic hydroxyl groups is 1. The molecule has 1 aliphatic carbocycles. The molecule has 1 saturated carbocycles. The van der Waals surface area contributed by atoms with E-state index in [-0.39, 0.29) is 18.4 Å². The van der Waals surface area contributed by atoms with Crippen molar-refractivity contribution in [2.75, 3.05) is 12.8 Å². The van der Waals surface area contributed by atoms with E-state index in [0.717, 1.165) is 22.6 Å². The summed E-state index contributed by atoms with van der Waals surface area (Å²) in [5.74, 6) is 0.128. The van der Waals surface area contributed by atoms with Gasteiger partial charge < -0.3 is 10.4 Å². The molecule has 1 aliphatic rings. The first-order valence-electron chi connectivity index (χ1n) is 7.32. The van der Waals surface area contributed by atoms with E-state index in [1.54, 1.807) is 23.1 Å². The van der Waals surface area contributed by atoms with Gasteiger partial charge in [0.2, 0.25) is 0 Å². The summed E-state index contributed by atoms with van der Waals surface area (Å²) >= 11 is 3.10. The summed E-state index contributed by atoms with van der Waals surface area (Å²) in [7, 11) is 0. The lowest BCUT2D eigenvalue weighted by molar-refractivity contribution is 0.0169. The van der Waals surface area contributed by atoms with Crippen molar-refractivity contribution in [1.82, 2.24) is 5.32 Å². The Kier molecular flexibility index (Phi) is 4.57. The molecule has 0 spiro atoms. The summed E-state index contributed by atoms with van der Waals surface area (Å²) in [6.07, 6.45) is 4.00. The molecule has 0 bridgehead atoms. The van der Waals surface area contributed by atoms with Crippen molar-refractivity contribution in [3.05, 3.63) is 52.2 Å². The van der Waals surface area contributed by atoms with Crippen LogP contribution in [0.2, 0.25) is 0 Å². The summed E-state index contributed by atoms with van der Waals surface area (Å²) in [6, 6.07) is 11.4. The Bertz CT molecular complexity index is 652. The number of benzene rings is 1. The molecular weight excluding hydrogens is 314 g/mol. The maximum Gasteiger partial charge on any atom is 0.252 e. The number of thiophene rings is 1. The average Bonchev–Trinajstić information content (AvgIpc) is 3.27. The number of hydrogen-bond acceptors (Lipinski definition) is 4. The van der Waals surface area contributed by atoms with Gasteiger partial charge in [-0.05, 0) is 48.6 Å². The maximum atomic E-state index is 12.5. The van der Waals surface area contributed by atoms with Crippen molar-refractivity contribution in [2.24, 2.45) is 5.92 Å². The number of carbonyl (C=O) groups excluding carboxylic acids is 1. The second-order valence-electron chi connectivity index (χ2n) is 5.56. The minimum Gasteiger partial charge on any atom is -0.382 e. The minimum atomic E-state index is -0.932. The number of amides is 1. The summed E-state index contributed by atoms with van der Waals surface area (Å²) in [4.78, 5) is 14.3. The van der Waals surface area contributed by atoms with E-state index < -0.39 is 5.60 Å². The summed E-state index contributed by atoms with van der Waals surface area (Å²) in [6.45, 7) is 0.264. The van der Waals surface area contributed by atoms with Crippen molar-refractivity contribution >= 4 is 29.0 Å². The van der Waals surface area contributed by atoms with Crippen LogP contribution in [0.5, 0.6) is 0 Å². The van der Waals surface area contributed by atoms with Crippen LogP contribution < -0.4 is 5.32 Å². The van der Waals surface area contributed by atoms with Crippen LogP contribution in [-0.2, 0) is 5.60 Å². The third-order valence-electron chi connectivity index (χ3n) is 4.07. The van der Waals surface area contributed by atoms with Gasteiger partial charge in [-0.2, -0.15) is 0 Å². The van der Waals surface area contributed by atoms with Gasteiger partial charge in [0.1, 0.15) is 5.60 Å². The Morgan fingerprint density at radius 1 is 1.36 bits per heavy atom. The molecule has 3 rings (SSSR count). The Labute approximate surface area is 138 Å². The molecule has 1 atom stereocenters. The molecular formula is C17H19NO2S2. The summed E-state index contributed by atoms with van der Waals surface area (Å²) in [5, 5.41) is 15.9. The van der Waals surface area contributed by atoms with Gasteiger partial charge in [0.15, 0.2) is 0 Å². The second-order valence-corrected chi connectivity index (χ2v) is 7.35. The molecule has 0 aliphatic heterocycles. The van der Waals surface area contributed by atoms with Crippen LogP contribution in [0, 0.1) is 5.92 Å². The Morgan fingerprint density at radius 2 is 2.14 bits per heavy atom. The van der Waals surface area contributed by atoms with Crippen LogP contribution in [-0.4, -0.2) is 23.8 Å². The molecule has 2 aromatic rings. The highest BCUT2D eigenvalue weighted by atomic mass is 32.2. The molecule has 116 valence electrons. The van der Waals surface area contributed by atoms with Gasteiger partial charge in [-0.15, -0.1) is 23.1 Å². The fourth-order valence-corrected chi connectivity index (χ4v) is 4.16. The van der Waals surface area contributed by atoms with Crippen molar-refractivity contribution in [3.63, 3.8) is 0 Å². The maximum absolute atomic E-state index is 12.5. The van der Waals surface area contributed by atoms with Gasteiger partial charge in [-0.3, -0.25) is 4.79 Å². The Hall–Kier alpha value is -1.30. The van der Waals surface area contributed by atoms with Gasteiger partial charge in [0.25, 0.3) is 5.91 Å². The lowest BCUT2D eigenvalue weighted by Gasteiger charge is -2.27. The number of rotatable bonds is 6. The SMILES string of the molecule is CSc1ccccc1C(=O)NC[C@@](O)(c1cccs1)C1CC1. The molecule has 2 N–H and O–H groups in total. The Balaban J connectivity index is 1.74. The standard InChI is InChI=1S/C17H19NO2S2/c1-21-14-6-3-2-5-13(14)16(19)18-11-17(20,12-8-9-12)15-7-4-10-22-15/h2-7,10,12,20H,8-9,11H2,1H3,(H,18,19)/t17-/m0/s1. The zero-order chi connectivity index (χ0) is 15.6. The topological polar surface area (TPSA) is 49.3 Å². The third-order valence-corrected chi connectivity index (χ3v) is 5.90. The summed E-state index contributed by atoms with van der Waals surface area (Å²) < 4.78 is 0. The zero-order valence-electron chi connectivity index (χ0n) is 12.4. The van der Waals surface area contributed by atoms with Gasteiger partial charge in [-0.25, -0.2) is 0 Å². The molecule has 1 heterocycles. The molecule has 5 heteroatoms. The van der Waals surface area contributed by atoms with Crippen LogP contribution in [0.4, 0.5) is 0 Å². The molecule has 1 amide bonds. The second kappa shape index (κ2) is 6.44. The van der Waals surface area contributed by atoms with Crippen molar-refractivity contribution < 1.29 is 9.90 Å². The van der Waals surface area contributed by atoms with Crippen LogP contribution >= 0.6 is 23.1 Å². The monoisotopic (exact) mass is 333 g/mol. The highest BCUT2D eigenvalue weighted by Crippen LogP contribution is 2.46. The van der Waals surface area contributed by atoms with Gasteiger partial charge in [0, 0.05) is 9.77 Å². The largest absolute Gasteiger partial charge is 0.382 e. The molecule has 0 saturated heterocycles. The Morgan fingerprint density at radius 3 is 2.77 bits per heavy atom. The predicted molar refractivity (Wildman–Crippen MR) is 91.5 cm³/mol. The normalized spacial score (nSPS) is 17.0. The van der Waals surface area contributed by atoms with Crippen molar-refractivity contribution in [2.45, 2.75) is 23.3 Å². The van der Waals surface area contributed by atoms with E-state index in [0.29, 0.717) is 5.56 Å². The lowest BCUT2D eigenvalue weighted by Crippen LogP contribution is -2.42. The summed E-state index contributed by atoms with van der Waals surface area (Å²) in [5.41, 5.74) is -0.266. The van der Waals surface area contributed by atoms with Crippen LogP contribution in [0.15, 0.2) is 46.7 Å². The third kappa shape index (κ3) is 3.07. The van der Waals surface area contributed by atoms with E-state index in [2.05, 4.69) is 5.32 Å². The molecule has 3 nitrogen and oxygen atoms in total. The quantitative estimate of drug-likeness (QED) is 0.796. The van der Waals surface area contributed by atoms with Gasteiger partial charge in [-0.1, -0.05) is 18.2 Å². The van der Waals surface area contributed by atoms with Crippen molar-refractivity contribution in [3.8, 4) is 0 Å². The van der Waals surface area contributed by atoms with Gasteiger partial charge >= 0.3 is 0 Å². The molecule has 1 fully saturated rings. The highest BCUT2D eigenvalue weighted by Gasteiger charge is 2.46. The first-order valence-corrected chi connectivity index (χ1v) is 9.43. The number of carbonyl (C=O) groups is 1. The number of nitrogens with one attached hydrogen (secondary N) is 1. The van der Waals surface area contributed by atoms with Crippen molar-refractivity contribution in [1.29, 1.82) is 0 Å². The van der Waals surface area contributed by atoms with Crippen LogP contribution in [0.3, 0.4) is 0 Å². The van der Waals surface area contributed by atoms with Gasteiger partial charge in [0.05, 0.1) is 12.1 Å². The average molecular weight is 333 g/mol. The molecule has 1 aromatic heterocycles. The van der Waals surface area contributed by atoms with E-state index >= 15 is 0 Å². The number of hydrogen-bond donors (Lipinski definition) is 2. The fraction of sp³-hybridized carbons (Fsp3) is 0.353. The first-order chi connectivity index (χ1) is 10.6. The smallest absolute Gasteiger partial charge is 0.252 e. The predicted octanol–water partition coefficient (Wildman–Crippen LogP) is 3.50. The number of thioether (sulfide) groups is 1. The highest BCUT2D eigenvalue weighted by molar-refractivity contribution is 7.98. The van der Waals surface area contributed by atoms with E-state index in [1.807, 2.05) is 48.0 Å². The van der Waals surface area contributed by atoms with Crippen LogP contribution in [0.1, 0.15) is 28.1 Å². The molecule has 0 unspecified atom stereocenters. The van der Waals surface area contributed by atoms with E-state index in [9.17, 15) is 9.90 Å². The van der Waals surface area contributed by atoms with E-state index in [1.165, 1.54) is 0 Å². The molecule has 1 aromatic carbocycles. The van der Waals surface area contributed by atoms with Crippen LogP contribution in [0.25, 0.3) is 0 Å². The fourth-order valence-electron chi connectivity index (χ4n) is 2.66. The minimum absolute atomic E-state index is 0.124. The lowest BCUT2D eigenvalue weighted by atomic mass is 9.95. The zero-order valence-corrected chi connectivity index (χ0v) is 14.0. The molecule has 22 heavy (non-hydrogen) atoms. The van der Waals surface area contributed by atoms with E-state index in [4.69, 9.17) is 0 Å². The first kappa shape index (κ1) is 15.6.